The molecule has 0 aliphatic carbocycles. The number of piperidine rings is 1. The van der Waals surface area contributed by atoms with Crippen LogP contribution < -0.4 is 15.7 Å². The number of carbonyl (C=O) groups excluding carboxylic acids is 2. The lowest BCUT2D eigenvalue weighted by Gasteiger charge is -2.32. The average Bonchev–Trinajstić information content (AvgIpc) is 2.73. The number of non-ortho nitro benzene ring substituents is 1. The van der Waals surface area contributed by atoms with Gasteiger partial charge in [-0.2, -0.15) is 0 Å². The molecule has 1 aliphatic heterocycles. The number of nitro groups is 1. The molecule has 9 nitrogen and oxygen atoms in total. The van der Waals surface area contributed by atoms with Crippen molar-refractivity contribution in [3.8, 4) is 5.75 Å². The summed E-state index contributed by atoms with van der Waals surface area (Å²) in [6, 6.07) is 12.2. The molecule has 1 aliphatic rings. The fraction of sp³-hybridized carbons (Fsp3) is 0.300. The Hall–Kier alpha value is -3.62. The van der Waals surface area contributed by atoms with Crippen molar-refractivity contribution in [1.29, 1.82) is 0 Å². The van der Waals surface area contributed by atoms with Gasteiger partial charge in [0, 0.05) is 37.5 Å². The zero-order chi connectivity index (χ0) is 20.8. The summed E-state index contributed by atoms with van der Waals surface area (Å²) in [6.07, 6.45) is 1.31. The number of urea groups is 1. The topological polar surface area (TPSA) is 128 Å². The van der Waals surface area contributed by atoms with Crippen LogP contribution in [0.5, 0.6) is 5.75 Å². The first-order valence-electron chi connectivity index (χ1n) is 9.27. The van der Waals surface area contributed by atoms with Crippen LogP contribution in [0.1, 0.15) is 18.4 Å². The molecule has 3 rings (SSSR count). The molecule has 2 N–H and O–H groups in total. The van der Waals surface area contributed by atoms with Gasteiger partial charge in [-0.1, -0.05) is 24.3 Å². The molecule has 2 aromatic rings. The van der Waals surface area contributed by atoms with Crippen LogP contribution in [0.15, 0.2) is 48.5 Å². The minimum atomic E-state index is -0.588. The van der Waals surface area contributed by atoms with Crippen molar-refractivity contribution in [3.63, 3.8) is 0 Å². The zero-order valence-electron chi connectivity index (χ0n) is 15.7. The second-order valence-corrected chi connectivity index (χ2v) is 6.85. The molecule has 1 atom stereocenters. The Balaban J connectivity index is 1.56. The van der Waals surface area contributed by atoms with Gasteiger partial charge in [-0.15, -0.1) is 5.75 Å². The van der Waals surface area contributed by atoms with Crippen molar-refractivity contribution in [3.05, 3.63) is 64.2 Å². The van der Waals surface area contributed by atoms with Crippen LogP contribution in [0.3, 0.4) is 0 Å². The first-order valence-corrected chi connectivity index (χ1v) is 9.27. The van der Waals surface area contributed by atoms with E-state index in [2.05, 4.69) is 10.6 Å². The van der Waals surface area contributed by atoms with Crippen molar-refractivity contribution in [1.82, 2.24) is 10.2 Å². The maximum Gasteiger partial charge on any atom is 0.321 e. The number of amides is 3. The van der Waals surface area contributed by atoms with E-state index in [-0.39, 0.29) is 42.0 Å². The summed E-state index contributed by atoms with van der Waals surface area (Å²) >= 11 is 0. The number of anilines is 1. The molecule has 0 bridgehead atoms. The minimum absolute atomic E-state index is 0.0912. The normalized spacial score (nSPS) is 16.1. The van der Waals surface area contributed by atoms with Crippen LogP contribution in [-0.2, 0) is 11.3 Å². The summed E-state index contributed by atoms with van der Waals surface area (Å²) in [7, 11) is 0. The van der Waals surface area contributed by atoms with Crippen LogP contribution >= 0.6 is 0 Å². The van der Waals surface area contributed by atoms with Crippen LogP contribution in [0.2, 0.25) is 0 Å². The van der Waals surface area contributed by atoms with Gasteiger partial charge in [0.2, 0.25) is 5.91 Å². The van der Waals surface area contributed by atoms with Gasteiger partial charge in [0.15, 0.2) is 0 Å². The zero-order valence-corrected chi connectivity index (χ0v) is 15.7. The van der Waals surface area contributed by atoms with Crippen LogP contribution in [0.4, 0.5) is 16.2 Å². The van der Waals surface area contributed by atoms with Crippen molar-refractivity contribution in [2.45, 2.75) is 19.4 Å². The first kappa shape index (κ1) is 20.1. The number of nitrogens with zero attached hydrogens (tertiary/aromatic N) is 2. The highest BCUT2D eigenvalue weighted by atomic mass is 16.6. The van der Waals surface area contributed by atoms with Gasteiger partial charge >= 0.3 is 6.03 Å². The summed E-state index contributed by atoms with van der Waals surface area (Å²) in [4.78, 5) is 36.8. The Morgan fingerprint density at radius 1 is 1.17 bits per heavy atom. The number of nitro benzene ring substituents is 1. The highest BCUT2D eigenvalue weighted by Crippen LogP contribution is 2.22. The van der Waals surface area contributed by atoms with Gasteiger partial charge in [-0.05, 0) is 30.5 Å². The Morgan fingerprint density at radius 2 is 1.93 bits per heavy atom. The quantitative estimate of drug-likeness (QED) is 0.591. The molecule has 0 aromatic heterocycles. The predicted molar refractivity (Wildman–Crippen MR) is 104 cm³/mol. The van der Waals surface area contributed by atoms with Gasteiger partial charge in [0.05, 0.1) is 10.8 Å². The van der Waals surface area contributed by atoms with Gasteiger partial charge < -0.3 is 20.6 Å². The van der Waals surface area contributed by atoms with Gasteiger partial charge in [0.1, 0.15) is 0 Å². The lowest BCUT2D eigenvalue weighted by Crippen LogP contribution is -2.46. The molecule has 0 spiro atoms. The van der Waals surface area contributed by atoms with Crippen LogP contribution in [0, 0.1) is 16.0 Å². The third kappa shape index (κ3) is 5.22. The fourth-order valence-electron chi connectivity index (χ4n) is 3.24. The monoisotopic (exact) mass is 397 g/mol. The maximum atomic E-state index is 12.5. The molecule has 0 radical (unpaired) electrons. The Morgan fingerprint density at radius 3 is 2.66 bits per heavy atom. The van der Waals surface area contributed by atoms with Crippen molar-refractivity contribution < 1.29 is 19.6 Å². The predicted octanol–water partition coefficient (Wildman–Crippen LogP) is 2.23. The molecule has 9 heteroatoms. The van der Waals surface area contributed by atoms with Crippen LogP contribution in [0.25, 0.3) is 0 Å². The third-order valence-corrected chi connectivity index (χ3v) is 4.81. The summed E-state index contributed by atoms with van der Waals surface area (Å²) in [5.41, 5.74) is 0.634. The molecule has 1 fully saturated rings. The maximum absolute atomic E-state index is 12.5. The fourth-order valence-corrected chi connectivity index (χ4v) is 3.24. The molecule has 152 valence electrons. The van der Waals surface area contributed by atoms with E-state index < -0.39 is 10.8 Å². The number of hydrogen-bond donors (Lipinski definition) is 2. The standard InChI is InChI=1S/C20H22N4O5/c25-18-9-8-17(24(28)29)11-15(18)12-21-19(26)14-5-4-10-23(13-14)20(27)22-16-6-2-1-3-7-16/h1-3,6-9,11,14,25H,4-5,10,12-13H2,(H,21,26)(H,22,27)/p-1/t14-/m1/s1. The second-order valence-electron chi connectivity index (χ2n) is 6.85. The Kier molecular flexibility index (Phi) is 6.28. The number of benzene rings is 2. The molecule has 0 unspecified atom stereocenters. The molecule has 3 amide bonds. The summed E-state index contributed by atoms with van der Waals surface area (Å²) < 4.78 is 0. The largest absolute Gasteiger partial charge is 0.872 e. The lowest BCUT2D eigenvalue weighted by molar-refractivity contribution is -0.385. The van der Waals surface area contributed by atoms with E-state index >= 15 is 0 Å². The van der Waals surface area contributed by atoms with Crippen molar-refractivity contribution in [2.24, 2.45) is 5.92 Å². The average molecular weight is 397 g/mol. The van der Waals surface area contributed by atoms with E-state index in [1.807, 2.05) is 18.2 Å². The molecule has 1 heterocycles. The minimum Gasteiger partial charge on any atom is -0.872 e. The smallest absolute Gasteiger partial charge is 0.321 e. The van der Waals surface area contributed by atoms with E-state index in [1.54, 1.807) is 17.0 Å². The van der Waals surface area contributed by atoms with E-state index in [1.165, 1.54) is 6.07 Å². The van der Waals surface area contributed by atoms with Gasteiger partial charge in [-0.3, -0.25) is 14.9 Å². The van der Waals surface area contributed by atoms with E-state index in [0.717, 1.165) is 12.1 Å². The highest BCUT2D eigenvalue weighted by Gasteiger charge is 2.28. The number of para-hydroxylation sites is 1. The lowest BCUT2D eigenvalue weighted by atomic mass is 9.97. The van der Waals surface area contributed by atoms with E-state index in [9.17, 15) is 24.8 Å². The third-order valence-electron chi connectivity index (χ3n) is 4.81. The summed E-state index contributed by atoms with van der Waals surface area (Å²) in [6.45, 7) is 0.730. The van der Waals surface area contributed by atoms with Gasteiger partial charge in [-0.25, -0.2) is 4.79 Å². The Bertz CT molecular complexity index is 903. The second kappa shape index (κ2) is 9.05. The Labute approximate surface area is 167 Å². The van der Waals surface area contributed by atoms with Crippen molar-refractivity contribution in [2.75, 3.05) is 18.4 Å². The number of nitrogens with one attached hydrogen (secondary N) is 2. The molecule has 2 aromatic carbocycles. The molecular formula is C20H21N4O5-. The highest BCUT2D eigenvalue weighted by molar-refractivity contribution is 5.90. The number of likely N-dealkylation sites (tertiary alicyclic amines) is 1. The SMILES string of the molecule is O=C(NCc1cc([N+](=O)[O-])ccc1[O-])[C@@H]1CCCN(C(=O)Nc2ccccc2)C1. The summed E-state index contributed by atoms with van der Waals surface area (Å²) in [5.74, 6) is -1.06. The molecule has 1 saturated heterocycles. The molecule has 0 saturated carbocycles. The first-order chi connectivity index (χ1) is 13.9. The molecular weight excluding hydrogens is 376 g/mol. The number of rotatable bonds is 5. The van der Waals surface area contributed by atoms with E-state index in [4.69, 9.17) is 0 Å². The molecule has 29 heavy (non-hydrogen) atoms. The van der Waals surface area contributed by atoms with Crippen molar-refractivity contribution >= 4 is 23.3 Å². The van der Waals surface area contributed by atoms with Gasteiger partial charge in [0.25, 0.3) is 5.69 Å². The van der Waals surface area contributed by atoms with Crippen LogP contribution in [-0.4, -0.2) is 34.9 Å². The van der Waals surface area contributed by atoms with E-state index in [0.29, 0.717) is 25.1 Å². The summed E-state index contributed by atoms with van der Waals surface area (Å²) in [5, 5.41) is 28.2. The number of hydrogen-bond acceptors (Lipinski definition) is 5. The number of carbonyl (C=O) groups is 2.